The van der Waals surface area contributed by atoms with E-state index in [-0.39, 0.29) is 6.10 Å². The molecule has 0 saturated heterocycles. The number of hydrogen-bond acceptors (Lipinski definition) is 3. The Balaban J connectivity index is 2.34. The smallest absolute Gasteiger partial charge is 0.331 e. The molecule has 2 aromatic rings. The lowest BCUT2D eigenvalue weighted by Gasteiger charge is -2.27. The molecule has 0 fully saturated rings. The van der Waals surface area contributed by atoms with Crippen molar-refractivity contribution in [3.05, 3.63) is 60.2 Å². The van der Waals surface area contributed by atoms with Crippen molar-refractivity contribution in [1.29, 1.82) is 0 Å². The topological polar surface area (TPSA) is 49.8 Å². The van der Waals surface area contributed by atoms with E-state index in [1.807, 2.05) is 62.4 Å². The van der Waals surface area contributed by atoms with Crippen molar-refractivity contribution in [1.82, 2.24) is 0 Å². The van der Waals surface area contributed by atoms with E-state index in [1.165, 1.54) is 0 Å². The molecule has 0 aliphatic carbocycles. The second-order valence-corrected chi connectivity index (χ2v) is 5.43. The quantitative estimate of drug-likeness (QED) is 0.883. The van der Waals surface area contributed by atoms with Crippen molar-refractivity contribution >= 4 is 11.7 Å². The Labute approximate surface area is 131 Å². The molecule has 4 heteroatoms. The lowest BCUT2D eigenvalue weighted by Crippen LogP contribution is -2.30. The Morgan fingerprint density at radius 3 is 2.36 bits per heavy atom. The summed E-state index contributed by atoms with van der Waals surface area (Å²) in [4.78, 5) is 13.5. The number of benzene rings is 2. The van der Waals surface area contributed by atoms with Gasteiger partial charge in [-0.2, -0.15) is 0 Å². The molecule has 116 valence electrons. The number of likely N-dealkylation sites (N-methyl/N-ethyl adjacent to an activating group) is 1. The van der Waals surface area contributed by atoms with Gasteiger partial charge in [-0.25, -0.2) is 4.79 Å². The van der Waals surface area contributed by atoms with Gasteiger partial charge >= 0.3 is 5.97 Å². The summed E-state index contributed by atoms with van der Waals surface area (Å²) >= 11 is 0. The predicted molar refractivity (Wildman–Crippen MR) is 87.4 cm³/mol. The molecule has 0 bridgehead atoms. The van der Waals surface area contributed by atoms with Crippen LogP contribution in [0.2, 0.25) is 0 Å². The molecule has 1 atom stereocenters. The molecule has 1 unspecified atom stereocenters. The van der Waals surface area contributed by atoms with Gasteiger partial charge < -0.3 is 14.7 Å². The van der Waals surface area contributed by atoms with Gasteiger partial charge in [0.2, 0.25) is 0 Å². The van der Waals surface area contributed by atoms with Gasteiger partial charge in [-0.05, 0) is 43.7 Å². The van der Waals surface area contributed by atoms with Crippen LogP contribution < -0.4 is 9.64 Å². The zero-order chi connectivity index (χ0) is 16.1. The average Bonchev–Trinajstić information content (AvgIpc) is 2.47. The van der Waals surface area contributed by atoms with Crippen LogP contribution in [-0.4, -0.2) is 24.2 Å². The number of nitrogens with zero attached hydrogens (tertiary/aromatic N) is 1. The van der Waals surface area contributed by atoms with Gasteiger partial charge in [-0.15, -0.1) is 0 Å². The van der Waals surface area contributed by atoms with Gasteiger partial charge in [0.1, 0.15) is 5.75 Å². The fourth-order valence-electron chi connectivity index (χ4n) is 2.37. The van der Waals surface area contributed by atoms with Crippen molar-refractivity contribution in [2.45, 2.75) is 26.0 Å². The van der Waals surface area contributed by atoms with Crippen molar-refractivity contribution in [2.75, 3.05) is 11.9 Å². The summed E-state index contributed by atoms with van der Waals surface area (Å²) in [6, 6.07) is 16.0. The second-order valence-electron chi connectivity index (χ2n) is 5.43. The summed E-state index contributed by atoms with van der Waals surface area (Å²) in [5.74, 6) is -0.215. The summed E-state index contributed by atoms with van der Waals surface area (Å²) in [5, 5.41) is 9.65. The Hall–Kier alpha value is -2.49. The highest BCUT2D eigenvalue weighted by Gasteiger charge is 2.25. The van der Waals surface area contributed by atoms with Gasteiger partial charge in [-0.1, -0.05) is 30.3 Å². The molecule has 4 nitrogen and oxygen atoms in total. The predicted octanol–water partition coefficient (Wildman–Crippen LogP) is 3.74. The van der Waals surface area contributed by atoms with Crippen molar-refractivity contribution in [3.63, 3.8) is 0 Å². The Bertz CT molecular complexity index is 625. The van der Waals surface area contributed by atoms with Crippen molar-refractivity contribution < 1.29 is 14.6 Å². The number of carboxylic acid groups (broad SMARTS) is 1. The van der Waals surface area contributed by atoms with Crippen molar-refractivity contribution in [2.24, 2.45) is 0 Å². The molecule has 2 rings (SSSR count). The molecule has 0 amide bonds. The van der Waals surface area contributed by atoms with Gasteiger partial charge in [0.25, 0.3) is 0 Å². The molecule has 0 aromatic heterocycles. The summed E-state index contributed by atoms with van der Waals surface area (Å²) < 4.78 is 5.66. The van der Waals surface area contributed by atoms with E-state index >= 15 is 0 Å². The summed E-state index contributed by atoms with van der Waals surface area (Å²) in [5.41, 5.74) is 1.54. The minimum atomic E-state index is -0.895. The summed E-state index contributed by atoms with van der Waals surface area (Å²) in [6.07, 6.45) is 0.0466. The standard InChI is InChI=1S/C18H21NO3/c1-13(2)22-16-11-7-8-14(12-16)17(18(20)21)19(3)15-9-5-4-6-10-15/h4-13,17H,1-3H3,(H,20,21). The van der Waals surface area contributed by atoms with Crippen molar-refractivity contribution in [3.8, 4) is 5.75 Å². The SMILES string of the molecule is CC(C)Oc1cccc(C(C(=O)O)N(C)c2ccccc2)c1. The highest BCUT2D eigenvalue weighted by Crippen LogP contribution is 2.28. The third-order valence-corrected chi connectivity index (χ3v) is 3.33. The Morgan fingerprint density at radius 1 is 1.09 bits per heavy atom. The molecule has 0 saturated carbocycles. The second kappa shape index (κ2) is 6.98. The van der Waals surface area contributed by atoms with Crippen LogP contribution in [0.4, 0.5) is 5.69 Å². The van der Waals surface area contributed by atoms with Crippen LogP contribution in [0.15, 0.2) is 54.6 Å². The van der Waals surface area contributed by atoms with Crippen LogP contribution in [0.1, 0.15) is 25.5 Å². The number of carboxylic acids is 1. The molecule has 0 aliphatic rings. The van der Waals surface area contributed by atoms with Gasteiger partial charge in [0.15, 0.2) is 6.04 Å². The first kappa shape index (κ1) is 15.9. The molecule has 0 aliphatic heterocycles. The molecule has 0 radical (unpaired) electrons. The number of anilines is 1. The van der Waals surface area contributed by atoms with Crippen LogP contribution in [0.25, 0.3) is 0 Å². The van der Waals surface area contributed by atoms with E-state index in [1.54, 1.807) is 18.0 Å². The normalized spacial score (nSPS) is 12.0. The maximum atomic E-state index is 11.8. The fourth-order valence-corrected chi connectivity index (χ4v) is 2.37. The lowest BCUT2D eigenvalue weighted by molar-refractivity contribution is -0.138. The minimum Gasteiger partial charge on any atom is -0.491 e. The van der Waals surface area contributed by atoms with Gasteiger partial charge in [0, 0.05) is 12.7 Å². The number of rotatable bonds is 6. The first-order valence-electron chi connectivity index (χ1n) is 7.26. The zero-order valence-corrected chi connectivity index (χ0v) is 13.1. The number of hydrogen-bond donors (Lipinski definition) is 1. The first-order valence-corrected chi connectivity index (χ1v) is 7.26. The maximum absolute atomic E-state index is 11.8. The van der Waals surface area contributed by atoms with Crippen LogP contribution in [-0.2, 0) is 4.79 Å². The number of para-hydroxylation sites is 1. The third-order valence-electron chi connectivity index (χ3n) is 3.33. The third kappa shape index (κ3) is 3.79. The van der Waals surface area contributed by atoms with E-state index < -0.39 is 12.0 Å². The van der Waals surface area contributed by atoms with E-state index in [0.29, 0.717) is 11.3 Å². The lowest BCUT2D eigenvalue weighted by atomic mass is 10.0. The van der Waals surface area contributed by atoms with Crippen LogP contribution >= 0.6 is 0 Å². The monoisotopic (exact) mass is 299 g/mol. The zero-order valence-electron chi connectivity index (χ0n) is 13.1. The molecule has 2 aromatic carbocycles. The van der Waals surface area contributed by atoms with Gasteiger partial charge in [-0.3, -0.25) is 0 Å². The summed E-state index contributed by atoms with van der Waals surface area (Å²) in [6.45, 7) is 3.88. The molecule has 0 heterocycles. The number of ether oxygens (including phenoxy) is 1. The fraction of sp³-hybridized carbons (Fsp3) is 0.278. The Morgan fingerprint density at radius 2 is 1.77 bits per heavy atom. The molecular formula is C18H21NO3. The van der Waals surface area contributed by atoms with E-state index in [9.17, 15) is 9.90 Å². The molecule has 22 heavy (non-hydrogen) atoms. The van der Waals surface area contributed by atoms with E-state index in [4.69, 9.17) is 4.74 Å². The molecular weight excluding hydrogens is 278 g/mol. The van der Waals surface area contributed by atoms with Gasteiger partial charge in [0.05, 0.1) is 6.10 Å². The van der Waals surface area contributed by atoms with Crippen LogP contribution in [0.5, 0.6) is 5.75 Å². The first-order chi connectivity index (χ1) is 10.5. The van der Waals surface area contributed by atoms with E-state index in [2.05, 4.69) is 0 Å². The molecule has 0 spiro atoms. The highest BCUT2D eigenvalue weighted by molar-refractivity contribution is 5.80. The van der Waals surface area contributed by atoms with Crippen LogP contribution in [0.3, 0.4) is 0 Å². The molecule has 1 N–H and O–H groups in total. The van der Waals surface area contributed by atoms with E-state index in [0.717, 1.165) is 5.69 Å². The average molecular weight is 299 g/mol. The largest absolute Gasteiger partial charge is 0.491 e. The summed E-state index contributed by atoms with van der Waals surface area (Å²) in [7, 11) is 1.78. The number of carbonyl (C=O) groups is 1. The Kier molecular flexibility index (Phi) is 5.04. The maximum Gasteiger partial charge on any atom is 0.331 e. The minimum absolute atomic E-state index is 0.0466. The highest BCUT2D eigenvalue weighted by atomic mass is 16.5. The number of aliphatic carboxylic acids is 1. The van der Waals surface area contributed by atoms with Crippen LogP contribution in [0, 0.1) is 0 Å².